The summed E-state index contributed by atoms with van der Waals surface area (Å²) in [6, 6.07) is 9.52. The van der Waals surface area contributed by atoms with E-state index in [9.17, 15) is 4.79 Å². The number of hydrogen-bond donors (Lipinski definition) is 1. The summed E-state index contributed by atoms with van der Waals surface area (Å²) in [6.07, 6.45) is 2.00. The number of thioether (sulfide) groups is 1. The summed E-state index contributed by atoms with van der Waals surface area (Å²) in [4.78, 5) is 12.0. The van der Waals surface area contributed by atoms with Crippen LogP contribution in [0, 0.1) is 0 Å². The van der Waals surface area contributed by atoms with Crippen molar-refractivity contribution < 1.29 is 9.90 Å². The van der Waals surface area contributed by atoms with Gasteiger partial charge in [-0.1, -0.05) is 12.1 Å². The van der Waals surface area contributed by atoms with Crippen molar-refractivity contribution in [2.75, 3.05) is 6.26 Å². The first-order valence-corrected chi connectivity index (χ1v) is 6.26. The lowest BCUT2D eigenvalue weighted by Crippen LogP contribution is -1.99. The zero-order chi connectivity index (χ0) is 12.4. The first kappa shape index (κ1) is 11.7. The van der Waals surface area contributed by atoms with E-state index in [1.54, 1.807) is 29.6 Å². The van der Waals surface area contributed by atoms with Gasteiger partial charge in [-0.05, 0) is 24.5 Å². The van der Waals surface area contributed by atoms with Gasteiger partial charge in [-0.15, -0.1) is 11.8 Å². The molecule has 0 saturated heterocycles. The minimum absolute atomic E-state index is 0.0667. The lowest BCUT2D eigenvalue weighted by atomic mass is 10.1. The number of benzene rings is 1. The van der Waals surface area contributed by atoms with Crippen molar-refractivity contribution in [2.45, 2.75) is 4.90 Å². The maximum atomic E-state index is 10.8. The first-order valence-electron chi connectivity index (χ1n) is 5.03. The molecular weight excluding hydrogens is 236 g/mol. The van der Waals surface area contributed by atoms with Crippen molar-refractivity contribution in [1.82, 2.24) is 9.78 Å². The first-order chi connectivity index (χ1) is 8.11. The highest BCUT2D eigenvalue weighted by Gasteiger charge is 2.12. The van der Waals surface area contributed by atoms with Crippen molar-refractivity contribution in [3.63, 3.8) is 0 Å². The molecule has 0 radical (unpaired) electrons. The van der Waals surface area contributed by atoms with Crippen LogP contribution in [0.3, 0.4) is 0 Å². The second kappa shape index (κ2) is 4.63. The van der Waals surface area contributed by atoms with Crippen molar-refractivity contribution in [1.29, 1.82) is 0 Å². The third-order valence-electron chi connectivity index (χ3n) is 2.46. The molecule has 0 fully saturated rings. The third-order valence-corrected chi connectivity index (χ3v) is 3.19. The molecule has 1 N–H and O–H groups in total. The smallest absolute Gasteiger partial charge is 0.356 e. The van der Waals surface area contributed by atoms with Crippen LogP contribution in [0.2, 0.25) is 0 Å². The summed E-state index contributed by atoms with van der Waals surface area (Å²) < 4.78 is 1.59. The standard InChI is InChI=1S/C12H12N2O2S/c1-14-11(7-10(13-14)12(15)16)8-4-3-5-9(6-8)17-2/h3-7H,1-2H3,(H,15,16). The van der Waals surface area contributed by atoms with E-state index in [0.717, 1.165) is 16.2 Å². The summed E-state index contributed by atoms with van der Waals surface area (Å²) in [7, 11) is 1.74. The zero-order valence-electron chi connectivity index (χ0n) is 9.54. The largest absolute Gasteiger partial charge is 0.476 e. The van der Waals surface area contributed by atoms with Crippen molar-refractivity contribution in [2.24, 2.45) is 7.05 Å². The topological polar surface area (TPSA) is 55.1 Å². The maximum absolute atomic E-state index is 10.8. The maximum Gasteiger partial charge on any atom is 0.356 e. The lowest BCUT2D eigenvalue weighted by molar-refractivity contribution is 0.0689. The van der Waals surface area contributed by atoms with Crippen LogP contribution in [0.1, 0.15) is 10.5 Å². The molecule has 0 unspecified atom stereocenters. The van der Waals surface area contributed by atoms with E-state index in [2.05, 4.69) is 5.10 Å². The van der Waals surface area contributed by atoms with Crippen molar-refractivity contribution in [3.8, 4) is 11.3 Å². The fraction of sp³-hybridized carbons (Fsp3) is 0.167. The Morgan fingerprint density at radius 1 is 1.41 bits per heavy atom. The molecule has 0 spiro atoms. The van der Waals surface area contributed by atoms with Crippen LogP contribution < -0.4 is 0 Å². The fourth-order valence-corrected chi connectivity index (χ4v) is 2.08. The molecular formula is C12H12N2O2S. The molecule has 0 aliphatic rings. The second-order valence-electron chi connectivity index (χ2n) is 3.58. The highest BCUT2D eigenvalue weighted by molar-refractivity contribution is 7.98. The molecule has 4 nitrogen and oxygen atoms in total. The van der Waals surface area contributed by atoms with Gasteiger partial charge in [0.25, 0.3) is 0 Å². The number of rotatable bonds is 3. The molecule has 1 aromatic carbocycles. The highest BCUT2D eigenvalue weighted by Crippen LogP contribution is 2.24. The quantitative estimate of drug-likeness (QED) is 0.848. The number of hydrogen-bond acceptors (Lipinski definition) is 3. The van der Waals surface area contributed by atoms with E-state index in [-0.39, 0.29) is 5.69 Å². The monoisotopic (exact) mass is 248 g/mol. The molecule has 0 aliphatic carbocycles. The molecule has 2 aromatic rings. The molecule has 2 rings (SSSR count). The molecule has 0 atom stereocenters. The van der Waals surface area contributed by atoms with Gasteiger partial charge in [-0.2, -0.15) is 5.10 Å². The van der Waals surface area contributed by atoms with Crippen LogP contribution in [0.5, 0.6) is 0 Å². The van der Waals surface area contributed by atoms with Crippen LogP contribution in [0.4, 0.5) is 0 Å². The number of aromatic carboxylic acids is 1. The molecule has 0 aliphatic heterocycles. The summed E-state index contributed by atoms with van der Waals surface area (Å²) in [5, 5.41) is 12.8. The van der Waals surface area contributed by atoms with Gasteiger partial charge in [-0.25, -0.2) is 4.79 Å². The number of nitrogens with zero attached hydrogens (tertiary/aromatic N) is 2. The predicted octanol–water partition coefficient (Wildman–Crippen LogP) is 2.51. The number of carbonyl (C=O) groups is 1. The Hall–Kier alpha value is -1.75. The molecule has 0 saturated carbocycles. The van der Waals surface area contributed by atoms with Gasteiger partial charge in [0.15, 0.2) is 5.69 Å². The Morgan fingerprint density at radius 3 is 2.76 bits per heavy atom. The van der Waals surface area contributed by atoms with Gasteiger partial charge in [0, 0.05) is 17.5 Å². The Labute approximate surface area is 103 Å². The van der Waals surface area contributed by atoms with Crippen LogP contribution in [-0.4, -0.2) is 27.1 Å². The summed E-state index contributed by atoms with van der Waals surface area (Å²) in [5.41, 5.74) is 1.84. The lowest BCUT2D eigenvalue weighted by Gasteiger charge is -2.03. The minimum Gasteiger partial charge on any atom is -0.476 e. The average Bonchev–Trinajstić information content (AvgIpc) is 2.72. The Morgan fingerprint density at radius 2 is 2.18 bits per heavy atom. The molecule has 17 heavy (non-hydrogen) atoms. The molecule has 88 valence electrons. The van der Waals surface area contributed by atoms with E-state index >= 15 is 0 Å². The van der Waals surface area contributed by atoms with Crippen LogP contribution in [0.25, 0.3) is 11.3 Å². The average molecular weight is 248 g/mol. The van der Waals surface area contributed by atoms with E-state index in [1.165, 1.54) is 0 Å². The summed E-state index contributed by atoms with van der Waals surface area (Å²) in [6.45, 7) is 0. The Bertz CT molecular complexity index is 563. The van der Waals surface area contributed by atoms with Gasteiger partial charge in [-0.3, -0.25) is 4.68 Å². The van der Waals surface area contributed by atoms with Gasteiger partial charge in [0.1, 0.15) is 0 Å². The molecule has 0 bridgehead atoms. The van der Waals surface area contributed by atoms with Gasteiger partial charge < -0.3 is 5.11 Å². The minimum atomic E-state index is -1.01. The molecule has 0 amide bonds. The van der Waals surface area contributed by atoms with E-state index < -0.39 is 5.97 Å². The Kier molecular flexibility index (Phi) is 3.19. The zero-order valence-corrected chi connectivity index (χ0v) is 10.4. The van der Waals surface area contributed by atoms with Gasteiger partial charge >= 0.3 is 5.97 Å². The molecule has 1 heterocycles. The summed E-state index contributed by atoms with van der Waals surface area (Å²) in [5.74, 6) is -1.01. The van der Waals surface area contributed by atoms with Crippen LogP contribution in [-0.2, 0) is 7.05 Å². The normalized spacial score (nSPS) is 10.5. The number of carboxylic acid groups (broad SMARTS) is 1. The van der Waals surface area contributed by atoms with E-state index in [1.807, 2.05) is 30.5 Å². The fourth-order valence-electron chi connectivity index (χ4n) is 1.62. The van der Waals surface area contributed by atoms with Gasteiger partial charge in [0.2, 0.25) is 0 Å². The number of aromatic nitrogens is 2. The second-order valence-corrected chi connectivity index (χ2v) is 4.46. The predicted molar refractivity (Wildman–Crippen MR) is 67.4 cm³/mol. The number of aryl methyl sites for hydroxylation is 1. The van der Waals surface area contributed by atoms with E-state index in [0.29, 0.717) is 0 Å². The third kappa shape index (κ3) is 2.34. The van der Waals surface area contributed by atoms with Crippen molar-refractivity contribution in [3.05, 3.63) is 36.0 Å². The molecule has 1 aromatic heterocycles. The number of carboxylic acids is 1. The SMILES string of the molecule is CSc1cccc(-c2cc(C(=O)O)nn2C)c1. The molecule has 5 heteroatoms. The van der Waals surface area contributed by atoms with E-state index in [4.69, 9.17) is 5.11 Å². The van der Waals surface area contributed by atoms with Crippen LogP contribution >= 0.6 is 11.8 Å². The highest BCUT2D eigenvalue weighted by atomic mass is 32.2. The summed E-state index contributed by atoms with van der Waals surface area (Å²) >= 11 is 1.65. The van der Waals surface area contributed by atoms with Gasteiger partial charge in [0.05, 0.1) is 5.69 Å². The van der Waals surface area contributed by atoms with Crippen LogP contribution in [0.15, 0.2) is 35.2 Å². The Balaban J connectivity index is 2.48. The van der Waals surface area contributed by atoms with Crippen molar-refractivity contribution >= 4 is 17.7 Å².